The van der Waals surface area contributed by atoms with Gasteiger partial charge in [-0.3, -0.25) is 0 Å². The molecule has 0 unspecified atom stereocenters. The Hall–Kier alpha value is -3.04. The monoisotopic (exact) mass is 434 g/mol. The number of aromatic nitrogens is 6. The average molecular weight is 435 g/mol. The minimum Gasteiger partial charge on any atom is -0.383 e. The minimum absolute atomic E-state index is 0.423. The van der Waals surface area contributed by atoms with Crippen molar-refractivity contribution in [3.05, 3.63) is 36.4 Å². The van der Waals surface area contributed by atoms with Gasteiger partial charge >= 0.3 is 0 Å². The van der Waals surface area contributed by atoms with Gasteiger partial charge in [0.15, 0.2) is 5.65 Å². The van der Waals surface area contributed by atoms with Crippen LogP contribution in [0.15, 0.2) is 30.6 Å². The smallest absolute Gasteiger partial charge is 0.241 e. The Morgan fingerprint density at radius 2 is 1.91 bits per heavy atom. The summed E-state index contributed by atoms with van der Waals surface area (Å²) in [5, 5.41) is 11.6. The lowest BCUT2D eigenvalue weighted by atomic mass is 9.91. The van der Waals surface area contributed by atoms with Gasteiger partial charge in [-0.05, 0) is 57.9 Å². The molecule has 1 aliphatic rings. The van der Waals surface area contributed by atoms with E-state index in [4.69, 9.17) is 14.8 Å². The summed E-state index contributed by atoms with van der Waals surface area (Å²) >= 11 is 0. The molecule has 0 amide bonds. The van der Waals surface area contributed by atoms with Crippen LogP contribution in [0.5, 0.6) is 0 Å². The molecule has 9 nitrogen and oxygen atoms in total. The van der Waals surface area contributed by atoms with E-state index in [9.17, 15) is 0 Å². The highest BCUT2D eigenvalue weighted by atomic mass is 16.5. The summed E-state index contributed by atoms with van der Waals surface area (Å²) in [6, 6.07) is 7.13. The van der Waals surface area contributed by atoms with E-state index in [2.05, 4.69) is 25.2 Å². The van der Waals surface area contributed by atoms with Crippen molar-refractivity contribution in [2.75, 3.05) is 26.1 Å². The van der Waals surface area contributed by atoms with Crippen molar-refractivity contribution in [2.45, 2.75) is 51.2 Å². The summed E-state index contributed by atoms with van der Waals surface area (Å²) in [5.74, 6) is 1.61. The second-order valence-electron chi connectivity index (χ2n) is 8.47. The van der Waals surface area contributed by atoms with E-state index in [1.54, 1.807) is 7.11 Å². The molecule has 168 valence electrons. The molecule has 4 aromatic rings. The SMILES string of the molecule is CNC1CCC(Nc2ncc3c(-c4ccc5nc(C)n(CCOC)c5n4)ccn3n2)CC1. The first-order valence-electron chi connectivity index (χ1n) is 11.3. The van der Waals surface area contributed by atoms with Crippen LogP contribution in [-0.4, -0.2) is 62.0 Å². The van der Waals surface area contributed by atoms with Crippen LogP contribution < -0.4 is 10.6 Å². The molecule has 1 saturated carbocycles. The van der Waals surface area contributed by atoms with E-state index in [0.717, 1.165) is 53.1 Å². The number of imidazole rings is 1. The fraction of sp³-hybridized carbons (Fsp3) is 0.478. The fourth-order valence-electron chi connectivity index (χ4n) is 4.61. The molecule has 4 aromatic heterocycles. The van der Waals surface area contributed by atoms with Crippen LogP contribution in [0, 0.1) is 6.92 Å². The molecule has 0 aromatic carbocycles. The number of anilines is 1. The van der Waals surface area contributed by atoms with E-state index in [0.29, 0.717) is 24.6 Å². The van der Waals surface area contributed by atoms with Crippen LogP contribution in [-0.2, 0) is 11.3 Å². The lowest BCUT2D eigenvalue weighted by Crippen LogP contribution is -2.35. The van der Waals surface area contributed by atoms with Crippen LogP contribution >= 0.6 is 0 Å². The zero-order valence-corrected chi connectivity index (χ0v) is 18.9. The van der Waals surface area contributed by atoms with Crippen molar-refractivity contribution in [1.29, 1.82) is 0 Å². The molecular formula is C23H30N8O. The van der Waals surface area contributed by atoms with E-state index in [-0.39, 0.29) is 0 Å². The van der Waals surface area contributed by atoms with Crippen LogP contribution in [0.4, 0.5) is 5.95 Å². The fourth-order valence-corrected chi connectivity index (χ4v) is 4.61. The van der Waals surface area contributed by atoms with Crippen molar-refractivity contribution < 1.29 is 4.74 Å². The molecule has 2 N–H and O–H groups in total. The lowest BCUT2D eigenvalue weighted by molar-refractivity contribution is 0.187. The van der Waals surface area contributed by atoms with Crippen LogP contribution in [0.1, 0.15) is 31.5 Å². The van der Waals surface area contributed by atoms with Gasteiger partial charge < -0.3 is 19.9 Å². The zero-order chi connectivity index (χ0) is 22.1. The van der Waals surface area contributed by atoms with Gasteiger partial charge in [0, 0.05) is 37.5 Å². The van der Waals surface area contributed by atoms with Gasteiger partial charge in [0.2, 0.25) is 5.95 Å². The minimum atomic E-state index is 0.423. The third-order valence-electron chi connectivity index (χ3n) is 6.46. The predicted molar refractivity (Wildman–Crippen MR) is 125 cm³/mol. The number of methoxy groups -OCH3 is 1. The van der Waals surface area contributed by atoms with E-state index in [1.165, 1.54) is 12.8 Å². The molecule has 4 heterocycles. The van der Waals surface area contributed by atoms with Gasteiger partial charge in [-0.2, -0.15) is 0 Å². The van der Waals surface area contributed by atoms with Crippen LogP contribution in [0.2, 0.25) is 0 Å². The Balaban J connectivity index is 1.41. The van der Waals surface area contributed by atoms with Gasteiger partial charge in [-0.15, -0.1) is 5.10 Å². The molecule has 0 saturated heterocycles. The van der Waals surface area contributed by atoms with Crippen molar-refractivity contribution in [3.8, 4) is 11.3 Å². The Kier molecular flexibility index (Phi) is 5.75. The number of nitrogens with zero attached hydrogens (tertiary/aromatic N) is 6. The maximum absolute atomic E-state index is 5.25. The van der Waals surface area contributed by atoms with Gasteiger partial charge in [-0.25, -0.2) is 19.5 Å². The normalized spacial score (nSPS) is 19.1. The number of rotatable bonds is 7. The maximum Gasteiger partial charge on any atom is 0.241 e. The Morgan fingerprint density at radius 3 is 2.69 bits per heavy atom. The van der Waals surface area contributed by atoms with E-state index < -0.39 is 0 Å². The van der Waals surface area contributed by atoms with E-state index >= 15 is 0 Å². The Labute approximate surface area is 187 Å². The standard InChI is InChI=1S/C23H30N8O/c1-15-26-20-9-8-19(28-22(20)30(15)12-13-32-3)18-10-11-31-21(18)14-25-23(29-31)27-17-6-4-16(24-2)5-7-17/h8-11,14,16-17,24H,4-7,12-13H2,1-3H3,(H,27,29). The van der Waals surface area contributed by atoms with E-state index in [1.807, 2.05) is 49.1 Å². The highest BCUT2D eigenvalue weighted by molar-refractivity contribution is 5.82. The number of aryl methyl sites for hydroxylation is 1. The largest absolute Gasteiger partial charge is 0.383 e. The molecule has 0 radical (unpaired) electrons. The summed E-state index contributed by atoms with van der Waals surface area (Å²) in [5.41, 5.74) is 4.58. The molecular weight excluding hydrogens is 404 g/mol. The summed E-state index contributed by atoms with van der Waals surface area (Å²) in [4.78, 5) is 14.2. The molecule has 0 atom stereocenters. The third-order valence-corrected chi connectivity index (χ3v) is 6.46. The topological polar surface area (TPSA) is 94.2 Å². The number of ether oxygens (including phenoxy) is 1. The zero-order valence-electron chi connectivity index (χ0n) is 18.9. The van der Waals surface area contributed by atoms with Gasteiger partial charge in [0.05, 0.1) is 24.0 Å². The first-order valence-corrected chi connectivity index (χ1v) is 11.3. The molecule has 5 rings (SSSR count). The van der Waals surface area contributed by atoms with Gasteiger partial charge in [0.1, 0.15) is 11.3 Å². The first kappa shape index (κ1) is 20.8. The van der Waals surface area contributed by atoms with Crippen molar-refractivity contribution >= 4 is 22.6 Å². The highest BCUT2D eigenvalue weighted by Gasteiger charge is 2.21. The van der Waals surface area contributed by atoms with Crippen molar-refractivity contribution in [3.63, 3.8) is 0 Å². The quantitative estimate of drug-likeness (QED) is 0.462. The molecule has 9 heteroatoms. The second-order valence-corrected chi connectivity index (χ2v) is 8.47. The Morgan fingerprint density at radius 1 is 1.09 bits per heavy atom. The lowest BCUT2D eigenvalue weighted by Gasteiger charge is -2.28. The van der Waals surface area contributed by atoms with Gasteiger partial charge in [-0.1, -0.05) is 0 Å². The first-order chi connectivity index (χ1) is 15.7. The number of fused-ring (bicyclic) bond motifs is 2. The maximum atomic E-state index is 5.25. The second kappa shape index (κ2) is 8.84. The molecule has 1 aliphatic carbocycles. The summed E-state index contributed by atoms with van der Waals surface area (Å²) in [7, 11) is 3.75. The summed E-state index contributed by atoms with van der Waals surface area (Å²) in [6.45, 7) is 3.34. The molecule has 0 aliphatic heterocycles. The van der Waals surface area contributed by atoms with Crippen molar-refractivity contribution in [2.24, 2.45) is 0 Å². The third kappa shape index (κ3) is 3.93. The molecule has 32 heavy (non-hydrogen) atoms. The predicted octanol–water partition coefficient (Wildman–Crippen LogP) is 3.04. The van der Waals surface area contributed by atoms with Crippen molar-refractivity contribution in [1.82, 2.24) is 34.4 Å². The average Bonchev–Trinajstić information content (AvgIpc) is 3.37. The number of hydrogen-bond donors (Lipinski definition) is 2. The summed E-state index contributed by atoms with van der Waals surface area (Å²) in [6.07, 6.45) is 8.46. The number of nitrogens with one attached hydrogen (secondary N) is 2. The highest BCUT2D eigenvalue weighted by Crippen LogP contribution is 2.27. The number of pyridine rings is 1. The molecule has 0 bridgehead atoms. The van der Waals surface area contributed by atoms with Crippen LogP contribution in [0.25, 0.3) is 27.9 Å². The summed E-state index contributed by atoms with van der Waals surface area (Å²) < 4.78 is 9.23. The molecule has 1 fully saturated rings. The Bertz CT molecular complexity index is 1220. The molecule has 0 spiro atoms. The number of hydrogen-bond acceptors (Lipinski definition) is 7. The van der Waals surface area contributed by atoms with Crippen LogP contribution in [0.3, 0.4) is 0 Å². The van der Waals surface area contributed by atoms with Gasteiger partial charge in [0.25, 0.3) is 0 Å².